The third kappa shape index (κ3) is 3.16. The van der Waals surface area contributed by atoms with Crippen LogP contribution in [0.5, 0.6) is 0 Å². The zero-order valence-corrected chi connectivity index (χ0v) is 13.8. The molecule has 2 atom stereocenters. The van der Waals surface area contributed by atoms with Crippen LogP contribution in [0, 0.1) is 5.92 Å². The number of aromatic nitrogens is 1. The number of pyridine rings is 1. The van der Waals surface area contributed by atoms with E-state index in [-0.39, 0.29) is 17.2 Å². The van der Waals surface area contributed by atoms with Gasteiger partial charge < -0.3 is 10.1 Å². The lowest BCUT2D eigenvalue weighted by molar-refractivity contribution is -0.0778. The predicted molar refractivity (Wildman–Crippen MR) is 83.0 cm³/mol. The van der Waals surface area contributed by atoms with Gasteiger partial charge in [-0.05, 0) is 52.3 Å². The van der Waals surface area contributed by atoms with Gasteiger partial charge in [-0.25, -0.2) is 0 Å². The van der Waals surface area contributed by atoms with Gasteiger partial charge in [0.25, 0.3) is 0 Å². The van der Waals surface area contributed by atoms with Crippen molar-refractivity contribution >= 4 is 11.6 Å². The quantitative estimate of drug-likeness (QED) is 0.912. The van der Waals surface area contributed by atoms with Crippen molar-refractivity contribution in [2.24, 2.45) is 5.92 Å². The van der Waals surface area contributed by atoms with Gasteiger partial charge in [-0.1, -0.05) is 18.5 Å². The van der Waals surface area contributed by atoms with Crippen molar-refractivity contribution in [1.82, 2.24) is 10.3 Å². The minimum Gasteiger partial charge on any atom is -0.369 e. The lowest BCUT2D eigenvalue weighted by Crippen LogP contribution is -2.38. The summed E-state index contributed by atoms with van der Waals surface area (Å²) in [6.07, 6.45) is 4.53. The predicted octanol–water partition coefficient (Wildman–Crippen LogP) is 3.98. The Hall–Kier alpha value is -0.640. The van der Waals surface area contributed by atoms with E-state index in [0.29, 0.717) is 5.92 Å². The summed E-state index contributed by atoms with van der Waals surface area (Å²) in [5, 5.41) is 4.30. The fraction of sp³-hybridized carbons (Fsp3) is 0.688. The van der Waals surface area contributed by atoms with E-state index in [0.717, 1.165) is 23.6 Å². The van der Waals surface area contributed by atoms with Crippen LogP contribution in [0.4, 0.5) is 0 Å². The van der Waals surface area contributed by atoms with Crippen molar-refractivity contribution in [1.29, 1.82) is 0 Å². The first-order chi connectivity index (χ1) is 9.27. The van der Waals surface area contributed by atoms with Gasteiger partial charge in [-0.3, -0.25) is 4.98 Å². The summed E-state index contributed by atoms with van der Waals surface area (Å²) < 4.78 is 6.24. The Bertz CT molecular complexity index is 473. The second kappa shape index (κ2) is 5.63. The molecule has 2 heterocycles. The van der Waals surface area contributed by atoms with E-state index < -0.39 is 0 Å². The molecular formula is C16H25ClN2O. The summed E-state index contributed by atoms with van der Waals surface area (Å²) in [6.45, 7) is 11.7. The van der Waals surface area contributed by atoms with E-state index in [1.54, 1.807) is 12.4 Å². The van der Waals surface area contributed by atoms with E-state index in [1.807, 2.05) is 6.07 Å². The Morgan fingerprint density at radius 2 is 2.15 bits per heavy atom. The number of nitrogens with one attached hydrogen (secondary N) is 1. The van der Waals surface area contributed by atoms with E-state index in [4.69, 9.17) is 16.3 Å². The van der Waals surface area contributed by atoms with Crippen LogP contribution in [0.15, 0.2) is 18.5 Å². The van der Waals surface area contributed by atoms with Crippen LogP contribution in [0.25, 0.3) is 0 Å². The van der Waals surface area contributed by atoms with Crippen molar-refractivity contribution in [3.05, 3.63) is 29.0 Å². The van der Waals surface area contributed by atoms with Crippen molar-refractivity contribution in [3.63, 3.8) is 0 Å². The van der Waals surface area contributed by atoms with Crippen molar-refractivity contribution in [3.8, 4) is 0 Å². The minimum absolute atomic E-state index is 0.0959. The number of halogens is 1. The summed E-state index contributed by atoms with van der Waals surface area (Å²) >= 11 is 6.35. The summed E-state index contributed by atoms with van der Waals surface area (Å²) in [7, 11) is 0. The van der Waals surface area contributed by atoms with Gasteiger partial charge in [-0.2, -0.15) is 0 Å². The molecule has 4 heteroatoms. The standard InChI is InChI=1S/C16H25ClN2O/c1-6-19-14(11-7-8-18-10-13(11)17)12-9-15(2,3)20-16(12,4)5/h7-8,10,12,14,19H,6,9H2,1-5H3. The lowest BCUT2D eigenvalue weighted by Gasteiger charge is -2.34. The molecule has 0 aromatic carbocycles. The summed E-state index contributed by atoms with van der Waals surface area (Å²) in [4.78, 5) is 4.09. The molecule has 0 amide bonds. The first-order valence-corrected chi connectivity index (χ1v) is 7.67. The van der Waals surface area contributed by atoms with Crippen molar-refractivity contribution < 1.29 is 4.74 Å². The molecule has 3 nitrogen and oxygen atoms in total. The highest BCUT2D eigenvalue weighted by atomic mass is 35.5. The molecular weight excluding hydrogens is 272 g/mol. The van der Waals surface area contributed by atoms with Gasteiger partial charge in [0, 0.05) is 24.4 Å². The molecule has 1 aliphatic rings. The first kappa shape index (κ1) is 15.7. The molecule has 1 aliphatic heterocycles. The zero-order chi connectivity index (χ0) is 15.0. The number of ether oxygens (including phenoxy) is 1. The fourth-order valence-electron chi connectivity index (χ4n) is 3.45. The highest BCUT2D eigenvalue weighted by molar-refractivity contribution is 6.31. The Labute approximate surface area is 127 Å². The lowest BCUT2D eigenvalue weighted by atomic mass is 9.79. The average Bonchev–Trinajstić information content (AvgIpc) is 2.55. The zero-order valence-electron chi connectivity index (χ0n) is 13.0. The van der Waals surface area contributed by atoms with Gasteiger partial charge in [0.1, 0.15) is 0 Å². The molecule has 1 aromatic heterocycles. The minimum atomic E-state index is -0.178. The van der Waals surface area contributed by atoms with Gasteiger partial charge >= 0.3 is 0 Å². The normalized spacial score (nSPS) is 25.6. The van der Waals surface area contributed by atoms with Crippen molar-refractivity contribution in [2.75, 3.05) is 6.54 Å². The number of nitrogens with zero attached hydrogens (tertiary/aromatic N) is 1. The molecule has 2 rings (SSSR count). The van der Waals surface area contributed by atoms with E-state index in [9.17, 15) is 0 Å². The smallest absolute Gasteiger partial charge is 0.0681 e. The average molecular weight is 297 g/mol. The third-order valence-electron chi connectivity index (χ3n) is 4.11. The van der Waals surface area contributed by atoms with Crippen LogP contribution in [0.3, 0.4) is 0 Å². The summed E-state index contributed by atoms with van der Waals surface area (Å²) in [6, 6.07) is 2.20. The molecule has 2 unspecified atom stereocenters. The Balaban J connectivity index is 2.37. The van der Waals surface area contributed by atoms with Crippen LogP contribution in [0.2, 0.25) is 5.02 Å². The molecule has 0 aliphatic carbocycles. The third-order valence-corrected chi connectivity index (χ3v) is 4.42. The maximum absolute atomic E-state index is 6.35. The molecule has 1 aromatic rings. The molecule has 0 spiro atoms. The molecule has 20 heavy (non-hydrogen) atoms. The molecule has 0 saturated carbocycles. The SMILES string of the molecule is CCNC(c1ccncc1Cl)C1CC(C)(C)OC1(C)C. The number of hydrogen-bond acceptors (Lipinski definition) is 3. The molecule has 1 N–H and O–H groups in total. The van der Waals surface area contributed by atoms with Crippen LogP contribution < -0.4 is 5.32 Å². The van der Waals surface area contributed by atoms with Crippen LogP contribution in [0.1, 0.15) is 52.6 Å². The van der Waals surface area contributed by atoms with Crippen molar-refractivity contribution in [2.45, 2.75) is 58.3 Å². The van der Waals surface area contributed by atoms with Crippen LogP contribution >= 0.6 is 11.6 Å². The maximum Gasteiger partial charge on any atom is 0.0681 e. The topological polar surface area (TPSA) is 34.2 Å². The fourth-order valence-corrected chi connectivity index (χ4v) is 3.69. The molecule has 0 radical (unpaired) electrons. The largest absolute Gasteiger partial charge is 0.369 e. The highest BCUT2D eigenvalue weighted by Crippen LogP contribution is 2.48. The van der Waals surface area contributed by atoms with E-state index >= 15 is 0 Å². The Morgan fingerprint density at radius 1 is 1.45 bits per heavy atom. The van der Waals surface area contributed by atoms with Crippen LogP contribution in [-0.4, -0.2) is 22.7 Å². The summed E-state index contributed by atoms with van der Waals surface area (Å²) in [5.74, 6) is 0.373. The number of hydrogen-bond donors (Lipinski definition) is 1. The Kier molecular flexibility index (Phi) is 4.43. The molecule has 1 saturated heterocycles. The van der Waals surface area contributed by atoms with Gasteiger partial charge in [0.15, 0.2) is 0 Å². The number of rotatable bonds is 4. The first-order valence-electron chi connectivity index (χ1n) is 7.30. The van der Waals surface area contributed by atoms with Gasteiger partial charge in [0.05, 0.1) is 16.2 Å². The molecule has 0 bridgehead atoms. The van der Waals surface area contributed by atoms with Gasteiger partial charge in [0.2, 0.25) is 0 Å². The second-order valence-corrected chi connectivity index (χ2v) is 7.12. The van der Waals surface area contributed by atoms with E-state index in [2.05, 4.69) is 44.9 Å². The highest BCUT2D eigenvalue weighted by Gasteiger charge is 2.49. The monoisotopic (exact) mass is 296 g/mol. The maximum atomic E-state index is 6.35. The molecule has 1 fully saturated rings. The second-order valence-electron chi connectivity index (χ2n) is 6.71. The molecule has 112 valence electrons. The summed E-state index contributed by atoms with van der Waals surface area (Å²) in [5.41, 5.74) is 0.840. The van der Waals surface area contributed by atoms with Gasteiger partial charge in [-0.15, -0.1) is 0 Å². The Morgan fingerprint density at radius 3 is 2.65 bits per heavy atom. The van der Waals surface area contributed by atoms with Crippen LogP contribution in [-0.2, 0) is 4.74 Å². The van der Waals surface area contributed by atoms with E-state index in [1.165, 1.54) is 0 Å².